The highest BCUT2D eigenvalue weighted by molar-refractivity contribution is 5.65. The third-order valence-corrected chi connectivity index (χ3v) is 1.53. The quantitative estimate of drug-likeness (QED) is 0.536. The number of ether oxygens (including phenoxy) is 4. The maximum Gasteiger partial charge on any atom is 0.508 e. The van der Waals surface area contributed by atoms with Crippen molar-refractivity contribution in [1.82, 2.24) is 0 Å². The van der Waals surface area contributed by atoms with E-state index in [0.717, 1.165) is 12.8 Å². The minimum atomic E-state index is -0.536. The number of cyclic esters (lactones) is 2. The molecule has 1 aliphatic rings. The Morgan fingerprint density at radius 3 is 2.31 bits per heavy atom. The molecule has 0 radical (unpaired) electrons. The Kier molecular flexibility index (Phi) is 9.39. The molecule has 0 aromatic carbocycles. The molecule has 1 aliphatic heterocycles. The number of hydrogen-bond acceptors (Lipinski definition) is 6. The Balaban J connectivity index is 0.000000288. The first-order valence-electron chi connectivity index (χ1n) is 5.08. The maximum absolute atomic E-state index is 10.1. The first kappa shape index (κ1) is 14.7. The van der Waals surface area contributed by atoms with Crippen molar-refractivity contribution in [1.29, 1.82) is 0 Å². The third kappa shape index (κ3) is 10.8. The summed E-state index contributed by atoms with van der Waals surface area (Å²) >= 11 is 0. The number of esters is 1. The first-order valence-corrected chi connectivity index (χ1v) is 5.08. The van der Waals surface area contributed by atoms with Crippen molar-refractivity contribution in [3.05, 3.63) is 0 Å². The molecular formula is C10H18O6. The van der Waals surface area contributed by atoms with Gasteiger partial charge in [-0.15, -0.1) is 0 Å². The molecule has 6 nitrogen and oxygen atoms in total. The van der Waals surface area contributed by atoms with E-state index in [9.17, 15) is 9.59 Å². The van der Waals surface area contributed by atoms with Crippen LogP contribution < -0.4 is 0 Å². The van der Waals surface area contributed by atoms with Crippen LogP contribution in [0.15, 0.2) is 0 Å². The summed E-state index contributed by atoms with van der Waals surface area (Å²) in [7, 11) is 1.62. The van der Waals surface area contributed by atoms with Crippen LogP contribution in [-0.4, -0.2) is 45.7 Å². The average molecular weight is 234 g/mol. The molecule has 0 unspecified atom stereocenters. The molecule has 0 spiro atoms. The fraction of sp³-hybridized carbons (Fsp3) is 0.800. The Labute approximate surface area is 94.8 Å². The maximum atomic E-state index is 10.1. The van der Waals surface area contributed by atoms with Gasteiger partial charge in [-0.2, -0.15) is 0 Å². The summed E-state index contributed by atoms with van der Waals surface area (Å²) in [5.74, 6) is -0.230. The molecule has 0 N–H and O–H groups in total. The summed E-state index contributed by atoms with van der Waals surface area (Å²) in [6.45, 7) is 3.53. The van der Waals surface area contributed by atoms with Gasteiger partial charge in [-0.25, -0.2) is 4.79 Å². The number of rotatable bonds is 4. The molecule has 0 atom stereocenters. The Bertz CT molecular complexity index is 195. The van der Waals surface area contributed by atoms with E-state index in [2.05, 4.69) is 14.2 Å². The van der Waals surface area contributed by atoms with Crippen molar-refractivity contribution in [2.75, 3.05) is 33.5 Å². The lowest BCUT2D eigenvalue weighted by molar-refractivity contribution is -0.141. The van der Waals surface area contributed by atoms with E-state index >= 15 is 0 Å². The summed E-state index contributed by atoms with van der Waals surface area (Å²) < 4.78 is 18.2. The monoisotopic (exact) mass is 234 g/mol. The van der Waals surface area contributed by atoms with Crippen LogP contribution in [0.1, 0.15) is 19.8 Å². The van der Waals surface area contributed by atoms with Crippen molar-refractivity contribution in [3.8, 4) is 0 Å². The van der Waals surface area contributed by atoms with E-state index < -0.39 is 6.16 Å². The molecule has 6 heteroatoms. The first-order chi connectivity index (χ1) is 7.66. The second-order valence-corrected chi connectivity index (χ2v) is 2.99. The highest BCUT2D eigenvalue weighted by atomic mass is 16.7. The molecule has 0 aromatic rings. The summed E-state index contributed by atoms with van der Waals surface area (Å²) in [6.07, 6.45) is 1.06. The topological polar surface area (TPSA) is 71.1 Å². The zero-order valence-corrected chi connectivity index (χ0v) is 9.69. The second-order valence-electron chi connectivity index (χ2n) is 2.99. The predicted octanol–water partition coefficient (Wildman–Crippen LogP) is 1.13. The van der Waals surface area contributed by atoms with Gasteiger partial charge in [-0.3, -0.25) is 4.79 Å². The van der Waals surface area contributed by atoms with E-state index in [4.69, 9.17) is 4.74 Å². The van der Waals surface area contributed by atoms with Gasteiger partial charge in [-0.1, -0.05) is 0 Å². The third-order valence-electron chi connectivity index (χ3n) is 1.53. The smallest absolute Gasteiger partial charge is 0.466 e. The molecule has 1 heterocycles. The number of hydrogen-bond donors (Lipinski definition) is 0. The van der Waals surface area contributed by atoms with E-state index in [1.807, 2.05) is 0 Å². The van der Waals surface area contributed by atoms with Crippen LogP contribution in [0.4, 0.5) is 4.79 Å². The van der Waals surface area contributed by atoms with Crippen LogP contribution in [0.25, 0.3) is 0 Å². The predicted molar refractivity (Wildman–Crippen MR) is 55.0 cm³/mol. The van der Waals surface area contributed by atoms with Gasteiger partial charge in [0.2, 0.25) is 0 Å². The lowest BCUT2D eigenvalue weighted by atomic mass is 10.5. The average Bonchev–Trinajstić information content (AvgIpc) is 2.26. The summed E-state index contributed by atoms with van der Waals surface area (Å²) in [5.41, 5.74) is 0. The van der Waals surface area contributed by atoms with Crippen molar-refractivity contribution >= 4 is 12.1 Å². The minimum Gasteiger partial charge on any atom is -0.466 e. The lowest BCUT2D eigenvalue weighted by Crippen LogP contribution is -2.16. The van der Waals surface area contributed by atoms with Gasteiger partial charge in [0.15, 0.2) is 0 Å². The second kappa shape index (κ2) is 10.2. The zero-order chi connectivity index (χ0) is 12.2. The fourth-order valence-corrected chi connectivity index (χ4v) is 0.831. The molecule has 0 aliphatic carbocycles. The molecule has 0 aromatic heterocycles. The van der Waals surface area contributed by atoms with E-state index in [-0.39, 0.29) is 5.97 Å². The molecule has 1 saturated heterocycles. The van der Waals surface area contributed by atoms with Crippen LogP contribution in [0.5, 0.6) is 0 Å². The van der Waals surface area contributed by atoms with Crippen LogP contribution >= 0.6 is 0 Å². The van der Waals surface area contributed by atoms with E-state index in [1.165, 1.54) is 6.92 Å². The normalized spacial score (nSPS) is 14.0. The van der Waals surface area contributed by atoms with Gasteiger partial charge in [0, 0.05) is 33.5 Å². The van der Waals surface area contributed by atoms with Crippen LogP contribution in [0.3, 0.4) is 0 Å². The van der Waals surface area contributed by atoms with Crippen LogP contribution in [-0.2, 0) is 23.7 Å². The molecule has 0 saturated carbocycles. The van der Waals surface area contributed by atoms with E-state index in [0.29, 0.717) is 26.4 Å². The van der Waals surface area contributed by atoms with Crippen molar-refractivity contribution in [2.45, 2.75) is 19.8 Å². The van der Waals surface area contributed by atoms with Crippen molar-refractivity contribution in [3.63, 3.8) is 0 Å². The lowest BCUT2D eigenvalue weighted by Gasteiger charge is -2.09. The highest BCUT2D eigenvalue weighted by Gasteiger charge is 2.07. The van der Waals surface area contributed by atoms with Gasteiger partial charge in [-0.05, 0) is 0 Å². The van der Waals surface area contributed by atoms with Crippen LogP contribution in [0.2, 0.25) is 0 Å². The number of carbonyl (C=O) groups excluding carboxylic acids is 2. The summed E-state index contributed by atoms with van der Waals surface area (Å²) in [5, 5.41) is 0. The molecule has 94 valence electrons. The summed E-state index contributed by atoms with van der Waals surface area (Å²) in [6, 6.07) is 0. The Morgan fingerprint density at radius 1 is 1.31 bits per heavy atom. The Hall–Kier alpha value is -1.30. The Morgan fingerprint density at radius 2 is 1.94 bits per heavy atom. The van der Waals surface area contributed by atoms with E-state index in [1.54, 1.807) is 7.11 Å². The molecule has 1 rings (SSSR count). The highest BCUT2D eigenvalue weighted by Crippen LogP contribution is 1.95. The molecule has 16 heavy (non-hydrogen) atoms. The minimum absolute atomic E-state index is 0.230. The number of carbonyl (C=O) groups is 2. The largest absolute Gasteiger partial charge is 0.508 e. The summed E-state index contributed by atoms with van der Waals surface area (Å²) in [4.78, 5) is 20.2. The van der Waals surface area contributed by atoms with Gasteiger partial charge < -0.3 is 18.9 Å². The molecular weight excluding hydrogens is 216 g/mol. The molecule has 1 fully saturated rings. The van der Waals surface area contributed by atoms with Crippen LogP contribution in [0, 0.1) is 0 Å². The van der Waals surface area contributed by atoms with Gasteiger partial charge in [0.05, 0.1) is 19.8 Å². The fourth-order valence-electron chi connectivity index (χ4n) is 0.831. The van der Waals surface area contributed by atoms with Crippen molar-refractivity contribution < 1.29 is 28.5 Å². The number of methoxy groups -OCH3 is 1. The zero-order valence-electron chi connectivity index (χ0n) is 9.69. The van der Waals surface area contributed by atoms with Gasteiger partial charge in [0.25, 0.3) is 0 Å². The SMILES string of the molecule is COCCCOC(C)=O.O=C1OCCCO1. The standard InChI is InChI=1S/C6H12O3.C4H6O3/c1-6(7)9-5-3-4-8-2;5-4-6-2-1-3-7-4/h3-5H2,1-2H3;1-3H2. The molecule has 0 bridgehead atoms. The van der Waals surface area contributed by atoms with Gasteiger partial charge in [0.1, 0.15) is 0 Å². The van der Waals surface area contributed by atoms with Crippen molar-refractivity contribution in [2.24, 2.45) is 0 Å². The van der Waals surface area contributed by atoms with Gasteiger partial charge >= 0.3 is 12.1 Å². The molecule has 0 amide bonds.